The van der Waals surface area contributed by atoms with Crippen LogP contribution in [0.4, 0.5) is 19.9 Å². The van der Waals surface area contributed by atoms with Gasteiger partial charge in [0.05, 0.1) is 11.1 Å². The Morgan fingerprint density at radius 3 is 2.90 bits per heavy atom. The molecule has 0 radical (unpaired) electrons. The lowest BCUT2D eigenvalue weighted by molar-refractivity contribution is 0.262. The quantitative estimate of drug-likeness (QED) is 0.525. The van der Waals surface area contributed by atoms with E-state index in [0.717, 1.165) is 25.1 Å². The van der Waals surface area contributed by atoms with Crippen LogP contribution in [0.3, 0.4) is 0 Å². The van der Waals surface area contributed by atoms with Crippen molar-refractivity contribution < 1.29 is 9.18 Å². The molecule has 29 heavy (non-hydrogen) atoms. The van der Waals surface area contributed by atoms with Gasteiger partial charge in [-0.15, -0.1) is 0 Å². The highest BCUT2D eigenvalue weighted by atomic mass is 79.9. The Bertz CT molecular complexity index is 1170. The third-order valence-electron chi connectivity index (χ3n) is 5.24. The molecule has 9 heteroatoms. The van der Waals surface area contributed by atoms with Crippen LogP contribution in [0.1, 0.15) is 31.2 Å². The number of aryl methyl sites for hydroxylation is 2. The van der Waals surface area contributed by atoms with E-state index in [1.54, 1.807) is 17.6 Å². The monoisotopic (exact) mass is 478 g/mol. The number of thiophene rings is 1. The minimum absolute atomic E-state index is 0.0553. The zero-order valence-electron chi connectivity index (χ0n) is 16.0. The summed E-state index contributed by atoms with van der Waals surface area (Å²) >= 11 is 4.45. The fourth-order valence-corrected chi connectivity index (χ4v) is 4.93. The number of halogens is 2. The molecule has 0 unspecified atom stereocenters. The topological polar surface area (TPSA) is 76.0 Å². The Labute approximate surface area is 179 Å². The maximum absolute atomic E-state index is 14.0. The van der Waals surface area contributed by atoms with Crippen LogP contribution in [0.5, 0.6) is 0 Å². The molecule has 6 nitrogen and oxygen atoms in total. The Morgan fingerprint density at radius 2 is 2.14 bits per heavy atom. The average Bonchev–Trinajstić information content (AvgIpc) is 2.84. The van der Waals surface area contributed by atoms with E-state index in [9.17, 15) is 14.0 Å². The fourth-order valence-electron chi connectivity index (χ4n) is 3.52. The summed E-state index contributed by atoms with van der Waals surface area (Å²) in [5.41, 5.74) is 0.699. The van der Waals surface area contributed by atoms with Crippen LogP contribution in [0.2, 0.25) is 0 Å². The van der Waals surface area contributed by atoms with E-state index in [0.29, 0.717) is 37.7 Å². The van der Waals surface area contributed by atoms with Gasteiger partial charge in [0.25, 0.3) is 5.56 Å². The average molecular weight is 479 g/mol. The second-order valence-corrected chi connectivity index (χ2v) is 9.27. The van der Waals surface area contributed by atoms with Crippen LogP contribution < -0.4 is 16.2 Å². The molecule has 0 aliphatic carbocycles. The van der Waals surface area contributed by atoms with Crippen molar-refractivity contribution >= 4 is 54.2 Å². The number of rotatable bonds is 2. The van der Waals surface area contributed by atoms with Gasteiger partial charge in [-0.25, -0.2) is 14.2 Å². The van der Waals surface area contributed by atoms with Crippen molar-refractivity contribution in [2.24, 2.45) is 5.92 Å². The predicted octanol–water partition coefficient (Wildman–Crippen LogP) is 5.28. The number of carbonyl (C=O) groups excluding carboxylic acids is 1. The second kappa shape index (κ2) is 7.87. The number of nitrogens with zero attached hydrogens (tertiary/aromatic N) is 2. The molecule has 0 saturated carbocycles. The molecule has 1 aliphatic heterocycles. The van der Waals surface area contributed by atoms with Crippen molar-refractivity contribution in [1.29, 1.82) is 0 Å². The molecular weight excluding hydrogens is 459 g/mol. The zero-order chi connectivity index (χ0) is 20.7. The van der Waals surface area contributed by atoms with Crippen molar-refractivity contribution in [2.75, 3.05) is 10.6 Å². The van der Waals surface area contributed by atoms with Gasteiger partial charge in [0, 0.05) is 17.4 Å². The number of urea groups is 1. The minimum Gasteiger partial charge on any atom is -0.305 e. The first-order valence-electron chi connectivity index (χ1n) is 9.39. The van der Waals surface area contributed by atoms with Crippen LogP contribution in [-0.4, -0.2) is 15.6 Å². The Balaban J connectivity index is 1.63. The lowest BCUT2D eigenvalue weighted by atomic mass is 10.0. The molecule has 0 saturated heterocycles. The summed E-state index contributed by atoms with van der Waals surface area (Å²) in [6.07, 6.45) is 2.74. The summed E-state index contributed by atoms with van der Waals surface area (Å²) in [6, 6.07) is 3.82. The van der Waals surface area contributed by atoms with Crippen molar-refractivity contribution in [1.82, 2.24) is 9.55 Å². The van der Waals surface area contributed by atoms with E-state index in [2.05, 4.69) is 33.5 Å². The van der Waals surface area contributed by atoms with Crippen molar-refractivity contribution in [3.05, 3.63) is 50.2 Å². The SMILES string of the molecule is Cc1c(NC(=O)Nc2ccc(Br)cc2F)sc2nc3n(c(=O)c12)CC[C@H](C)CC3. The van der Waals surface area contributed by atoms with Crippen LogP contribution in [0, 0.1) is 18.7 Å². The van der Waals surface area contributed by atoms with E-state index in [1.165, 1.54) is 23.5 Å². The number of anilines is 2. The highest BCUT2D eigenvalue weighted by Gasteiger charge is 2.21. The van der Waals surface area contributed by atoms with Gasteiger partial charge in [-0.1, -0.05) is 34.2 Å². The van der Waals surface area contributed by atoms with E-state index in [4.69, 9.17) is 4.98 Å². The zero-order valence-corrected chi connectivity index (χ0v) is 18.4. The molecular formula is C20H20BrFN4O2S. The van der Waals surface area contributed by atoms with E-state index < -0.39 is 11.8 Å². The molecule has 3 heterocycles. The largest absolute Gasteiger partial charge is 0.324 e. The number of benzene rings is 1. The van der Waals surface area contributed by atoms with Crippen LogP contribution in [0.15, 0.2) is 27.5 Å². The maximum atomic E-state index is 14.0. The number of hydrogen-bond acceptors (Lipinski definition) is 4. The first kappa shape index (κ1) is 20.0. The molecule has 2 N–H and O–H groups in total. The molecule has 0 bridgehead atoms. The molecule has 1 atom stereocenters. The van der Waals surface area contributed by atoms with Gasteiger partial charge in [0.2, 0.25) is 0 Å². The summed E-state index contributed by atoms with van der Waals surface area (Å²) in [7, 11) is 0. The van der Waals surface area contributed by atoms with Crippen LogP contribution >= 0.6 is 27.3 Å². The lowest BCUT2D eigenvalue weighted by Gasteiger charge is -2.08. The highest BCUT2D eigenvalue weighted by Crippen LogP contribution is 2.33. The standard InChI is InChI=1S/C20H20BrFN4O2S/c1-10-3-6-15-24-18-16(19(27)26(15)8-7-10)11(2)17(29-18)25-20(28)23-14-5-4-12(21)9-13(14)22/h4-5,9-10H,3,6-8H2,1-2H3,(H2,23,25,28)/t10-/m1/s1. The van der Waals surface area contributed by atoms with Crippen molar-refractivity contribution in [3.63, 3.8) is 0 Å². The van der Waals surface area contributed by atoms with Gasteiger partial charge in [0.15, 0.2) is 0 Å². The normalized spacial score (nSPS) is 16.3. The first-order chi connectivity index (χ1) is 13.8. The minimum atomic E-state index is -0.573. The Kier molecular flexibility index (Phi) is 5.44. The first-order valence-corrected chi connectivity index (χ1v) is 11.0. The van der Waals surface area contributed by atoms with Gasteiger partial charge < -0.3 is 5.32 Å². The Morgan fingerprint density at radius 1 is 1.34 bits per heavy atom. The molecule has 2 aromatic heterocycles. The molecule has 2 amide bonds. The number of fused-ring (bicyclic) bond motifs is 2. The van der Waals surface area contributed by atoms with E-state index in [1.807, 2.05) is 0 Å². The van der Waals surface area contributed by atoms with Crippen molar-refractivity contribution in [3.8, 4) is 0 Å². The summed E-state index contributed by atoms with van der Waals surface area (Å²) < 4.78 is 16.3. The van der Waals surface area contributed by atoms with Gasteiger partial charge in [-0.2, -0.15) is 0 Å². The predicted molar refractivity (Wildman–Crippen MR) is 117 cm³/mol. The molecule has 4 rings (SSSR count). The van der Waals surface area contributed by atoms with Crippen molar-refractivity contribution in [2.45, 2.75) is 39.7 Å². The summed E-state index contributed by atoms with van der Waals surface area (Å²) in [5.74, 6) is 0.830. The number of nitrogens with one attached hydrogen (secondary N) is 2. The molecule has 3 aromatic rings. The molecule has 0 fully saturated rings. The number of aromatic nitrogens is 2. The number of carbonyl (C=O) groups is 1. The third kappa shape index (κ3) is 3.93. The molecule has 1 aromatic carbocycles. The molecule has 0 spiro atoms. The second-order valence-electron chi connectivity index (χ2n) is 7.36. The summed E-state index contributed by atoms with van der Waals surface area (Å²) in [6.45, 7) is 4.66. The Hall–Kier alpha value is -2.26. The lowest BCUT2D eigenvalue weighted by Crippen LogP contribution is -2.24. The van der Waals surface area contributed by atoms with E-state index in [-0.39, 0.29) is 11.2 Å². The molecule has 152 valence electrons. The van der Waals surface area contributed by atoms with Crippen LogP contribution in [-0.2, 0) is 13.0 Å². The highest BCUT2D eigenvalue weighted by molar-refractivity contribution is 9.10. The maximum Gasteiger partial charge on any atom is 0.324 e. The smallest absolute Gasteiger partial charge is 0.305 e. The summed E-state index contributed by atoms with van der Waals surface area (Å²) in [4.78, 5) is 30.8. The van der Waals surface area contributed by atoms with Gasteiger partial charge in [-0.3, -0.25) is 14.7 Å². The van der Waals surface area contributed by atoms with Gasteiger partial charge >= 0.3 is 6.03 Å². The summed E-state index contributed by atoms with van der Waals surface area (Å²) in [5, 5.41) is 6.30. The third-order valence-corrected chi connectivity index (χ3v) is 6.84. The van der Waals surface area contributed by atoms with E-state index >= 15 is 0 Å². The number of hydrogen-bond donors (Lipinski definition) is 2. The van der Waals surface area contributed by atoms with Gasteiger partial charge in [-0.05, 0) is 49.4 Å². The molecule has 1 aliphatic rings. The fraction of sp³-hybridized carbons (Fsp3) is 0.350. The van der Waals surface area contributed by atoms with Crippen LogP contribution in [0.25, 0.3) is 10.2 Å². The number of amides is 2. The van der Waals surface area contributed by atoms with Gasteiger partial charge in [0.1, 0.15) is 21.5 Å².